The number of aryl methyl sites for hydroxylation is 2. The van der Waals surface area contributed by atoms with Crippen LogP contribution in [0.1, 0.15) is 43.4 Å². The SMILES string of the molecule is CCCc1c(CCC)c2cccc(C)c2oc1=O. The first-order valence-corrected chi connectivity index (χ1v) is 6.73. The molecule has 0 N–H and O–H groups in total. The molecule has 1 aromatic carbocycles. The molecule has 96 valence electrons. The molecule has 0 aliphatic carbocycles. The van der Waals surface area contributed by atoms with Crippen molar-refractivity contribution in [1.82, 2.24) is 0 Å². The predicted molar refractivity (Wildman–Crippen MR) is 75.2 cm³/mol. The van der Waals surface area contributed by atoms with E-state index in [-0.39, 0.29) is 5.63 Å². The Kier molecular flexibility index (Phi) is 3.85. The molecule has 1 aromatic heterocycles. The second-order valence-electron chi connectivity index (χ2n) is 4.80. The van der Waals surface area contributed by atoms with Gasteiger partial charge in [-0.25, -0.2) is 4.79 Å². The van der Waals surface area contributed by atoms with Crippen molar-refractivity contribution >= 4 is 11.0 Å². The van der Waals surface area contributed by atoms with E-state index in [0.29, 0.717) is 0 Å². The van der Waals surface area contributed by atoms with Crippen molar-refractivity contribution in [2.45, 2.75) is 46.5 Å². The third-order valence-electron chi connectivity index (χ3n) is 3.34. The van der Waals surface area contributed by atoms with Gasteiger partial charge < -0.3 is 4.42 Å². The Morgan fingerprint density at radius 1 is 1.06 bits per heavy atom. The summed E-state index contributed by atoms with van der Waals surface area (Å²) in [7, 11) is 0. The van der Waals surface area contributed by atoms with Crippen LogP contribution in [-0.4, -0.2) is 0 Å². The van der Waals surface area contributed by atoms with Gasteiger partial charge in [0.15, 0.2) is 0 Å². The van der Waals surface area contributed by atoms with Gasteiger partial charge in [-0.2, -0.15) is 0 Å². The highest BCUT2D eigenvalue weighted by Gasteiger charge is 2.14. The lowest BCUT2D eigenvalue weighted by molar-refractivity contribution is 0.543. The van der Waals surface area contributed by atoms with Crippen LogP contribution in [0.25, 0.3) is 11.0 Å². The molecule has 0 saturated carbocycles. The topological polar surface area (TPSA) is 30.2 Å². The number of hydrogen-bond donors (Lipinski definition) is 0. The van der Waals surface area contributed by atoms with E-state index in [1.54, 1.807) is 0 Å². The van der Waals surface area contributed by atoms with Gasteiger partial charge in [-0.1, -0.05) is 44.9 Å². The molecule has 18 heavy (non-hydrogen) atoms. The molecular weight excluding hydrogens is 224 g/mol. The highest BCUT2D eigenvalue weighted by atomic mass is 16.4. The molecule has 0 bridgehead atoms. The second kappa shape index (κ2) is 5.38. The van der Waals surface area contributed by atoms with Crippen LogP contribution >= 0.6 is 0 Å². The Morgan fingerprint density at radius 3 is 2.39 bits per heavy atom. The summed E-state index contributed by atoms with van der Waals surface area (Å²) in [5.74, 6) is 0. The fourth-order valence-corrected chi connectivity index (χ4v) is 2.50. The van der Waals surface area contributed by atoms with Crippen LogP contribution < -0.4 is 5.63 Å². The van der Waals surface area contributed by atoms with Crippen LogP contribution in [0.2, 0.25) is 0 Å². The third kappa shape index (κ3) is 2.20. The van der Waals surface area contributed by atoms with Crippen LogP contribution in [0, 0.1) is 6.92 Å². The average Bonchev–Trinajstić information content (AvgIpc) is 2.35. The van der Waals surface area contributed by atoms with Crippen molar-refractivity contribution < 1.29 is 4.42 Å². The Morgan fingerprint density at radius 2 is 1.72 bits per heavy atom. The summed E-state index contributed by atoms with van der Waals surface area (Å²) in [4.78, 5) is 12.1. The van der Waals surface area contributed by atoms with E-state index >= 15 is 0 Å². The molecule has 0 fully saturated rings. The van der Waals surface area contributed by atoms with Crippen molar-refractivity contribution in [3.63, 3.8) is 0 Å². The molecule has 0 aliphatic rings. The first-order chi connectivity index (χ1) is 8.69. The lowest BCUT2D eigenvalue weighted by Gasteiger charge is -2.11. The Labute approximate surface area is 108 Å². The van der Waals surface area contributed by atoms with Gasteiger partial charge in [-0.05, 0) is 30.9 Å². The molecular formula is C16H20O2. The van der Waals surface area contributed by atoms with Crippen molar-refractivity contribution in [2.24, 2.45) is 0 Å². The first-order valence-electron chi connectivity index (χ1n) is 6.73. The molecule has 2 aromatic rings. The molecule has 2 rings (SSSR count). The minimum atomic E-state index is -0.151. The first kappa shape index (κ1) is 12.9. The smallest absolute Gasteiger partial charge is 0.339 e. The van der Waals surface area contributed by atoms with E-state index in [0.717, 1.165) is 47.8 Å². The number of rotatable bonds is 4. The summed E-state index contributed by atoms with van der Waals surface area (Å²) in [6.45, 7) is 6.22. The van der Waals surface area contributed by atoms with Crippen LogP contribution in [0.3, 0.4) is 0 Å². The summed E-state index contributed by atoms with van der Waals surface area (Å²) in [6, 6.07) is 6.09. The summed E-state index contributed by atoms with van der Waals surface area (Å²) < 4.78 is 5.51. The molecule has 0 spiro atoms. The minimum Gasteiger partial charge on any atom is -0.422 e. The number of hydrogen-bond acceptors (Lipinski definition) is 2. The number of para-hydroxylation sites is 1. The Bertz CT molecular complexity index is 608. The Balaban J connectivity index is 2.80. The molecule has 0 aliphatic heterocycles. The third-order valence-corrected chi connectivity index (χ3v) is 3.34. The second-order valence-corrected chi connectivity index (χ2v) is 4.80. The number of benzene rings is 1. The average molecular weight is 244 g/mol. The molecule has 0 amide bonds. The molecule has 0 atom stereocenters. The van der Waals surface area contributed by atoms with Crippen LogP contribution in [0.15, 0.2) is 27.4 Å². The van der Waals surface area contributed by atoms with E-state index < -0.39 is 0 Å². The van der Waals surface area contributed by atoms with Crippen LogP contribution in [-0.2, 0) is 12.8 Å². The van der Waals surface area contributed by atoms with Gasteiger partial charge >= 0.3 is 5.63 Å². The maximum absolute atomic E-state index is 12.1. The van der Waals surface area contributed by atoms with Crippen molar-refractivity contribution in [2.75, 3.05) is 0 Å². The summed E-state index contributed by atoms with van der Waals surface area (Å²) >= 11 is 0. The van der Waals surface area contributed by atoms with Gasteiger partial charge in [-0.15, -0.1) is 0 Å². The summed E-state index contributed by atoms with van der Waals surface area (Å²) in [5, 5.41) is 1.11. The fraction of sp³-hybridized carbons (Fsp3) is 0.438. The quantitative estimate of drug-likeness (QED) is 0.761. The van der Waals surface area contributed by atoms with Crippen molar-refractivity contribution in [1.29, 1.82) is 0 Å². The highest BCUT2D eigenvalue weighted by molar-refractivity contribution is 5.83. The van der Waals surface area contributed by atoms with Crippen LogP contribution in [0.5, 0.6) is 0 Å². The van der Waals surface area contributed by atoms with Crippen molar-refractivity contribution in [3.05, 3.63) is 45.3 Å². The monoisotopic (exact) mass is 244 g/mol. The summed E-state index contributed by atoms with van der Waals surface area (Å²) in [6.07, 6.45) is 3.77. The largest absolute Gasteiger partial charge is 0.422 e. The molecule has 2 nitrogen and oxygen atoms in total. The summed E-state index contributed by atoms with van der Waals surface area (Å²) in [5.41, 5.74) is 3.70. The van der Waals surface area contributed by atoms with Crippen LogP contribution in [0.4, 0.5) is 0 Å². The molecule has 0 radical (unpaired) electrons. The zero-order valence-corrected chi connectivity index (χ0v) is 11.4. The normalized spacial score (nSPS) is 11.1. The standard InChI is InChI=1S/C16H20O2/c1-4-7-12-13-10-6-9-11(3)15(13)18-16(17)14(12)8-5-2/h6,9-10H,4-5,7-8H2,1-3H3. The lowest BCUT2D eigenvalue weighted by atomic mass is 9.96. The highest BCUT2D eigenvalue weighted by Crippen LogP contribution is 2.24. The molecule has 0 saturated heterocycles. The molecule has 2 heteroatoms. The maximum Gasteiger partial charge on any atom is 0.339 e. The van der Waals surface area contributed by atoms with Gasteiger partial charge in [0.05, 0.1) is 0 Å². The van der Waals surface area contributed by atoms with Gasteiger partial charge in [0.2, 0.25) is 0 Å². The zero-order chi connectivity index (χ0) is 13.1. The fourth-order valence-electron chi connectivity index (χ4n) is 2.50. The predicted octanol–water partition coefficient (Wildman–Crippen LogP) is 4.01. The maximum atomic E-state index is 12.1. The van der Waals surface area contributed by atoms with Gasteiger partial charge in [-0.3, -0.25) is 0 Å². The lowest BCUT2D eigenvalue weighted by Crippen LogP contribution is -2.12. The zero-order valence-electron chi connectivity index (χ0n) is 11.4. The molecule has 0 unspecified atom stereocenters. The van der Waals surface area contributed by atoms with E-state index in [4.69, 9.17) is 4.42 Å². The van der Waals surface area contributed by atoms with E-state index in [2.05, 4.69) is 19.9 Å². The van der Waals surface area contributed by atoms with Crippen molar-refractivity contribution in [3.8, 4) is 0 Å². The van der Waals surface area contributed by atoms with E-state index in [1.165, 1.54) is 5.56 Å². The Hall–Kier alpha value is -1.57. The van der Waals surface area contributed by atoms with Gasteiger partial charge in [0.25, 0.3) is 0 Å². The van der Waals surface area contributed by atoms with Gasteiger partial charge in [0, 0.05) is 10.9 Å². The number of fused-ring (bicyclic) bond motifs is 1. The van der Waals surface area contributed by atoms with E-state index in [1.807, 2.05) is 19.1 Å². The minimum absolute atomic E-state index is 0.151. The van der Waals surface area contributed by atoms with E-state index in [9.17, 15) is 4.79 Å². The van der Waals surface area contributed by atoms with Gasteiger partial charge in [0.1, 0.15) is 5.58 Å². The molecule has 1 heterocycles.